The summed E-state index contributed by atoms with van der Waals surface area (Å²) < 4.78 is 61.3. The number of nitriles is 1. The minimum Gasteiger partial charge on any atom is -0.494 e. The van der Waals surface area contributed by atoms with Crippen molar-refractivity contribution in [2.75, 3.05) is 118 Å². The smallest absolute Gasteiger partial charge is 0.295 e. The van der Waals surface area contributed by atoms with E-state index in [4.69, 9.17) is 23.7 Å². The molecule has 3 aromatic heterocycles. The van der Waals surface area contributed by atoms with E-state index in [1.165, 1.54) is 40.3 Å². The molecule has 382 valence electrons. The zero-order valence-corrected chi connectivity index (χ0v) is 40.5. The van der Waals surface area contributed by atoms with Gasteiger partial charge in [0.1, 0.15) is 23.9 Å². The first-order chi connectivity index (χ1) is 34.3. The van der Waals surface area contributed by atoms with Gasteiger partial charge in [-0.05, 0) is 30.9 Å². The van der Waals surface area contributed by atoms with Crippen molar-refractivity contribution in [1.82, 2.24) is 50.1 Å². The fourth-order valence-corrected chi connectivity index (χ4v) is 8.61. The molecule has 25 heteroatoms. The van der Waals surface area contributed by atoms with Gasteiger partial charge in [0, 0.05) is 71.6 Å². The van der Waals surface area contributed by atoms with Crippen molar-refractivity contribution in [3.8, 4) is 17.6 Å². The average Bonchev–Trinajstić information content (AvgIpc) is 4.06. The SMILES string of the molecule is CCOCCOCCOCCOCCC(=O)N[C@@H](CS(=O)(=O)O)C(=O)N1CCN(CCNC(=O)c2ncn(-c3ncc(OC)c4c(C(=O)C(=O)N5CCC(=C(C#N)c6ccccc6)CC5)c[nH]c34)n2)CC1. The fourth-order valence-electron chi connectivity index (χ4n) is 7.96. The van der Waals surface area contributed by atoms with Crippen LogP contribution in [0.15, 0.2) is 54.6 Å². The molecule has 0 radical (unpaired) electrons. The number of piperidine rings is 1. The number of benzene rings is 1. The van der Waals surface area contributed by atoms with Crippen molar-refractivity contribution < 1.29 is 60.6 Å². The number of ketones is 1. The van der Waals surface area contributed by atoms with E-state index in [0.29, 0.717) is 76.6 Å². The van der Waals surface area contributed by atoms with Crippen LogP contribution in [-0.2, 0) is 43.4 Å². The first kappa shape index (κ1) is 53.7. The Morgan fingerprint density at radius 3 is 2.18 bits per heavy atom. The number of rotatable bonds is 26. The van der Waals surface area contributed by atoms with E-state index >= 15 is 0 Å². The van der Waals surface area contributed by atoms with Gasteiger partial charge in [-0.15, -0.1) is 5.10 Å². The molecule has 24 nitrogen and oxygen atoms in total. The van der Waals surface area contributed by atoms with Crippen LogP contribution in [0.5, 0.6) is 5.75 Å². The summed E-state index contributed by atoms with van der Waals surface area (Å²) in [6.45, 7) is 6.94. The monoisotopic (exact) mass is 1010 g/mol. The quantitative estimate of drug-likeness (QED) is 0.0221. The van der Waals surface area contributed by atoms with Crippen LogP contribution in [0.4, 0.5) is 0 Å². The van der Waals surface area contributed by atoms with Crippen LogP contribution in [0.3, 0.4) is 0 Å². The lowest BCUT2D eigenvalue weighted by Gasteiger charge is -2.36. The van der Waals surface area contributed by atoms with Crippen LogP contribution in [0.2, 0.25) is 0 Å². The molecule has 4 amide bonds. The molecule has 2 aliphatic heterocycles. The number of amides is 4. The number of carbonyl (C=O) groups excluding carboxylic acids is 5. The highest BCUT2D eigenvalue weighted by atomic mass is 32.2. The van der Waals surface area contributed by atoms with Gasteiger partial charge < -0.3 is 49.1 Å². The Morgan fingerprint density at radius 2 is 1.55 bits per heavy atom. The summed E-state index contributed by atoms with van der Waals surface area (Å²) in [7, 11) is -3.22. The standard InChI is InChI=1S/C46H59N11O13S/c1-3-67-21-22-69-25-26-70-24-23-68-20-11-38(58)52-36(30-71(63,64)65)45(61)56-18-16-54(17-19-56)15-12-48-44(60)42-51-31-57(53-42)43-40-39(37(66-2)29-50-43)35(28-49-40)41(59)46(62)55-13-9-33(10-14-55)34(27-47)32-7-5-4-6-8-32/h4-8,28-29,31,36,49H,3,9-26,30H2,1-2H3,(H,48,60)(H,52,58)(H,63,64,65)/t36-/m0/s1. The van der Waals surface area contributed by atoms with E-state index in [9.17, 15) is 42.2 Å². The molecule has 0 aliphatic carbocycles. The summed E-state index contributed by atoms with van der Waals surface area (Å²) in [5.41, 5.74) is 2.67. The third kappa shape index (κ3) is 15.2. The number of likely N-dealkylation sites (tertiary alicyclic amines) is 1. The third-order valence-corrected chi connectivity index (χ3v) is 12.4. The molecule has 0 unspecified atom stereocenters. The molecule has 0 bridgehead atoms. The molecular weight excluding hydrogens is 947 g/mol. The van der Waals surface area contributed by atoms with Gasteiger partial charge >= 0.3 is 0 Å². The number of pyridine rings is 1. The Kier molecular flexibility index (Phi) is 20.1. The van der Waals surface area contributed by atoms with E-state index in [1.807, 2.05) is 42.2 Å². The van der Waals surface area contributed by atoms with Crippen LogP contribution in [0.25, 0.3) is 22.3 Å². The first-order valence-corrected chi connectivity index (χ1v) is 24.7. The van der Waals surface area contributed by atoms with Gasteiger partial charge in [0.15, 0.2) is 5.82 Å². The van der Waals surface area contributed by atoms with E-state index < -0.39 is 51.3 Å². The maximum atomic E-state index is 13.8. The summed E-state index contributed by atoms with van der Waals surface area (Å²) in [5, 5.41) is 19.7. The molecule has 1 aromatic carbocycles. The van der Waals surface area contributed by atoms with Gasteiger partial charge in [-0.3, -0.25) is 33.4 Å². The second-order valence-electron chi connectivity index (χ2n) is 16.3. The van der Waals surface area contributed by atoms with Crippen molar-refractivity contribution in [2.24, 2.45) is 0 Å². The summed E-state index contributed by atoms with van der Waals surface area (Å²) in [5.74, 6) is -4.11. The zero-order chi connectivity index (χ0) is 50.8. The summed E-state index contributed by atoms with van der Waals surface area (Å²) in [4.78, 5) is 83.0. The van der Waals surface area contributed by atoms with Crippen LogP contribution >= 0.6 is 0 Å². The highest BCUT2D eigenvalue weighted by molar-refractivity contribution is 7.85. The number of hydrogen-bond acceptors (Lipinski definition) is 17. The Morgan fingerprint density at radius 1 is 0.887 bits per heavy atom. The third-order valence-electron chi connectivity index (χ3n) is 11.6. The van der Waals surface area contributed by atoms with E-state index in [1.54, 1.807) is 0 Å². The van der Waals surface area contributed by atoms with Crippen molar-refractivity contribution >= 4 is 56.0 Å². The van der Waals surface area contributed by atoms with Crippen LogP contribution in [-0.4, -0.2) is 206 Å². The van der Waals surface area contributed by atoms with Crippen LogP contribution in [0.1, 0.15) is 52.7 Å². The molecule has 4 N–H and O–H groups in total. The number of hydrogen-bond donors (Lipinski definition) is 4. The molecule has 2 saturated heterocycles. The largest absolute Gasteiger partial charge is 0.494 e. The number of carbonyl (C=O) groups is 5. The number of H-pyrrole nitrogens is 1. The van der Waals surface area contributed by atoms with Gasteiger partial charge in [0.25, 0.3) is 27.7 Å². The van der Waals surface area contributed by atoms with Crippen molar-refractivity contribution in [3.05, 3.63) is 71.6 Å². The number of allylic oxidation sites excluding steroid dienone is 1. The van der Waals surface area contributed by atoms with Crippen LogP contribution < -0.4 is 15.4 Å². The number of Topliss-reactive ketones (excluding diaryl/α,β-unsaturated/α-hetero) is 1. The van der Waals surface area contributed by atoms with Gasteiger partial charge in [-0.1, -0.05) is 30.3 Å². The lowest BCUT2D eigenvalue weighted by Crippen LogP contribution is -2.57. The summed E-state index contributed by atoms with van der Waals surface area (Å²) in [6.07, 6.45) is 4.79. The Balaban J connectivity index is 0.951. The van der Waals surface area contributed by atoms with Crippen molar-refractivity contribution in [3.63, 3.8) is 0 Å². The molecule has 1 atom stereocenters. The molecular formula is C46H59N11O13S. The second kappa shape index (κ2) is 26.5. The van der Waals surface area contributed by atoms with E-state index in [-0.39, 0.29) is 87.3 Å². The predicted octanol–water partition coefficient (Wildman–Crippen LogP) is 0.658. The molecule has 5 heterocycles. The number of fused-ring (bicyclic) bond motifs is 1. The Labute approximate surface area is 410 Å². The van der Waals surface area contributed by atoms with Gasteiger partial charge in [-0.2, -0.15) is 18.4 Å². The zero-order valence-electron chi connectivity index (χ0n) is 39.7. The fraction of sp³-hybridized carbons (Fsp3) is 0.500. The molecule has 6 rings (SSSR count). The first-order valence-electron chi connectivity index (χ1n) is 23.1. The highest BCUT2D eigenvalue weighted by Crippen LogP contribution is 2.33. The maximum absolute atomic E-state index is 13.8. The molecule has 4 aromatic rings. The number of nitrogens with zero attached hydrogens (tertiary/aromatic N) is 8. The minimum absolute atomic E-state index is 0.00554. The lowest BCUT2D eigenvalue weighted by atomic mass is 9.93. The number of ether oxygens (including phenoxy) is 5. The molecule has 0 saturated carbocycles. The van der Waals surface area contributed by atoms with Gasteiger partial charge in [0.05, 0.1) is 87.7 Å². The highest BCUT2D eigenvalue weighted by Gasteiger charge is 2.33. The molecule has 2 aliphatic rings. The molecule has 2 fully saturated rings. The maximum Gasteiger partial charge on any atom is 0.295 e. The second-order valence-corrected chi connectivity index (χ2v) is 17.8. The van der Waals surface area contributed by atoms with Gasteiger partial charge in [0.2, 0.25) is 17.6 Å². The molecule has 71 heavy (non-hydrogen) atoms. The van der Waals surface area contributed by atoms with E-state index in [2.05, 4.69) is 36.8 Å². The summed E-state index contributed by atoms with van der Waals surface area (Å²) >= 11 is 0. The number of methoxy groups -OCH3 is 1. The van der Waals surface area contributed by atoms with E-state index in [0.717, 1.165) is 11.1 Å². The van der Waals surface area contributed by atoms with Crippen molar-refractivity contribution in [2.45, 2.75) is 32.2 Å². The average molecular weight is 1010 g/mol. The number of aromatic amines is 1. The Bertz CT molecular complexity index is 2650. The van der Waals surface area contributed by atoms with Gasteiger partial charge in [-0.25, -0.2) is 9.97 Å². The molecule has 0 spiro atoms. The predicted molar refractivity (Wildman–Crippen MR) is 254 cm³/mol. The normalized spacial score (nSPS) is 14.8. The Hall–Kier alpha value is -6.66. The minimum atomic E-state index is -4.63. The summed E-state index contributed by atoms with van der Waals surface area (Å²) in [6, 6.07) is 10.1. The van der Waals surface area contributed by atoms with Crippen molar-refractivity contribution in [1.29, 1.82) is 5.26 Å². The van der Waals surface area contributed by atoms with Crippen LogP contribution in [0, 0.1) is 11.3 Å². The number of aromatic nitrogens is 5. The number of piperazine rings is 1. The topological polar surface area (TPSA) is 303 Å². The lowest BCUT2D eigenvalue weighted by molar-refractivity contribution is -0.137. The number of nitrogens with one attached hydrogen (secondary N) is 3.